The molecular weight excluding hydrogens is 304 g/mol. The number of para-hydroxylation sites is 2. The SMILES string of the molecule is C[C@@](C#N)(NC(=O)C[NH+]1CCN(c2ccccc2O)CC1)C1CC1. The highest BCUT2D eigenvalue weighted by molar-refractivity contribution is 5.78. The molecule has 1 aliphatic carbocycles. The average molecular weight is 329 g/mol. The van der Waals surface area contributed by atoms with E-state index in [0.717, 1.165) is 44.7 Å². The van der Waals surface area contributed by atoms with Crippen molar-refractivity contribution in [3.63, 3.8) is 0 Å². The third-order valence-corrected chi connectivity index (χ3v) is 5.13. The molecule has 3 N–H and O–H groups in total. The van der Waals surface area contributed by atoms with Crippen LogP contribution in [0.5, 0.6) is 5.75 Å². The van der Waals surface area contributed by atoms with Gasteiger partial charge in [-0.3, -0.25) is 4.79 Å². The van der Waals surface area contributed by atoms with Gasteiger partial charge < -0.3 is 20.2 Å². The Morgan fingerprint density at radius 2 is 2.08 bits per heavy atom. The van der Waals surface area contributed by atoms with Crippen molar-refractivity contribution in [2.24, 2.45) is 5.92 Å². The van der Waals surface area contributed by atoms with Crippen LogP contribution in [-0.2, 0) is 4.79 Å². The number of carbonyl (C=O) groups is 1. The molecule has 0 aromatic heterocycles. The lowest BCUT2D eigenvalue weighted by Crippen LogP contribution is -3.16. The van der Waals surface area contributed by atoms with E-state index in [0.29, 0.717) is 18.2 Å². The van der Waals surface area contributed by atoms with E-state index in [1.165, 1.54) is 4.90 Å². The van der Waals surface area contributed by atoms with Gasteiger partial charge in [-0.2, -0.15) is 5.26 Å². The number of rotatable bonds is 5. The molecule has 6 heteroatoms. The molecule has 128 valence electrons. The molecule has 1 aliphatic heterocycles. The van der Waals surface area contributed by atoms with E-state index in [1.807, 2.05) is 25.1 Å². The second-order valence-electron chi connectivity index (χ2n) is 7.04. The molecule has 0 bridgehead atoms. The summed E-state index contributed by atoms with van der Waals surface area (Å²) in [6.45, 7) is 5.52. The van der Waals surface area contributed by atoms with Gasteiger partial charge in [-0.1, -0.05) is 12.1 Å². The van der Waals surface area contributed by atoms with Gasteiger partial charge >= 0.3 is 0 Å². The van der Waals surface area contributed by atoms with Crippen molar-refractivity contribution >= 4 is 11.6 Å². The van der Waals surface area contributed by atoms with Crippen molar-refractivity contribution < 1.29 is 14.8 Å². The first-order valence-corrected chi connectivity index (χ1v) is 8.60. The number of amides is 1. The highest BCUT2D eigenvalue weighted by Gasteiger charge is 2.43. The highest BCUT2D eigenvalue weighted by atomic mass is 16.3. The number of hydrogen-bond donors (Lipinski definition) is 3. The molecule has 0 unspecified atom stereocenters. The molecule has 1 atom stereocenters. The van der Waals surface area contributed by atoms with Crippen LogP contribution in [-0.4, -0.2) is 49.3 Å². The Morgan fingerprint density at radius 3 is 2.67 bits per heavy atom. The van der Waals surface area contributed by atoms with Crippen molar-refractivity contribution in [2.75, 3.05) is 37.6 Å². The fourth-order valence-corrected chi connectivity index (χ4v) is 3.42. The number of benzene rings is 1. The van der Waals surface area contributed by atoms with Crippen molar-refractivity contribution in [3.05, 3.63) is 24.3 Å². The van der Waals surface area contributed by atoms with Crippen molar-refractivity contribution in [2.45, 2.75) is 25.3 Å². The number of phenolic OH excluding ortho intramolecular Hbond substituents is 1. The van der Waals surface area contributed by atoms with Crippen LogP contribution in [0.4, 0.5) is 5.69 Å². The molecule has 1 aromatic rings. The number of carbonyl (C=O) groups excluding carboxylic acids is 1. The van der Waals surface area contributed by atoms with Crippen LogP contribution >= 0.6 is 0 Å². The quantitative estimate of drug-likeness (QED) is 0.705. The van der Waals surface area contributed by atoms with E-state index in [4.69, 9.17) is 0 Å². The molecule has 1 saturated heterocycles. The summed E-state index contributed by atoms with van der Waals surface area (Å²) < 4.78 is 0. The first-order valence-electron chi connectivity index (χ1n) is 8.60. The van der Waals surface area contributed by atoms with Gasteiger partial charge in [0.25, 0.3) is 5.91 Å². The number of quaternary nitrogens is 1. The van der Waals surface area contributed by atoms with Crippen LogP contribution in [0.25, 0.3) is 0 Å². The number of phenols is 1. The second kappa shape index (κ2) is 6.70. The molecule has 2 aliphatic rings. The lowest BCUT2D eigenvalue weighted by Gasteiger charge is -2.34. The third-order valence-electron chi connectivity index (χ3n) is 5.13. The number of anilines is 1. The molecule has 0 radical (unpaired) electrons. The number of nitrogens with zero attached hydrogens (tertiary/aromatic N) is 2. The van der Waals surface area contributed by atoms with Gasteiger partial charge in [0.1, 0.15) is 11.3 Å². The zero-order chi connectivity index (χ0) is 17.2. The lowest BCUT2D eigenvalue weighted by atomic mass is 9.98. The smallest absolute Gasteiger partial charge is 0.276 e. The Bertz CT molecular complexity index is 645. The van der Waals surface area contributed by atoms with E-state index >= 15 is 0 Å². The minimum Gasteiger partial charge on any atom is -0.506 e. The maximum Gasteiger partial charge on any atom is 0.276 e. The summed E-state index contributed by atoms with van der Waals surface area (Å²) in [6, 6.07) is 9.62. The van der Waals surface area contributed by atoms with Gasteiger partial charge in [0.15, 0.2) is 6.54 Å². The van der Waals surface area contributed by atoms with Crippen molar-refractivity contribution in [1.29, 1.82) is 5.26 Å². The highest BCUT2D eigenvalue weighted by Crippen LogP contribution is 2.39. The summed E-state index contributed by atoms with van der Waals surface area (Å²) in [5.41, 5.74) is 0.139. The largest absolute Gasteiger partial charge is 0.506 e. The third kappa shape index (κ3) is 3.62. The van der Waals surface area contributed by atoms with Crippen LogP contribution in [0, 0.1) is 17.2 Å². The Balaban J connectivity index is 1.50. The lowest BCUT2D eigenvalue weighted by molar-refractivity contribution is -0.892. The normalized spacial score (nSPS) is 20.9. The predicted molar refractivity (Wildman–Crippen MR) is 90.8 cm³/mol. The fraction of sp³-hybridized carbons (Fsp3) is 0.556. The predicted octanol–water partition coefficient (Wildman–Crippen LogP) is -0.0944. The number of nitriles is 1. The number of hydrogen-bond acceptors (Lipinski definition) is 4. The Kier molecular flexibility index (Phi) is 4.63. The van der Waals surface area contributed by atoms with Gasteiger partial charge in [0.05, 0.1) is 37.9 Å². The van der Waals surface area contributed by atoms with Gasteiger partial charge in [-0.05, 0) is 37.8 Å². The summed E-state index contributed by atoms with van der Waals surface area (Å²) >= 11 is 0. The van der Waals surface area contributed by atoms with Crippen LogP contribution in [0.15, 0.2) is 24.3 Å². The van der Waals surface area contributed by atoms with Crippen LogP contribution in [0.2, 0.25) is 0 Å². The van der Waals surface area contributed by atoms with Crippen molar-refractivity contribution in [1.82, 2.24) is 5.32 Å². The van der Waals surface area contributed by atoms with E-state index in [2.05, 4.69) is 16.3 Å². The standard InChI is InChI=1S/C18H24N4O2/c1-18(13-19,14-6-7-14)20-17(24)12-21-8-10-22(11-9-21)15-4-2-3-5-16(15)23/h2-5,14,23H,6-12H2,1H3,(H,20,24)/p+1/t18-/m0/s1. The maximum absolute atomic E-state index is 12.3. The molecule has 1 saturated carbocycles. The number of piperazine rings is 1. The van der Waals surface area contributed by atoms with E-state index in [-0.39, 0.29) is 5.91 Å². The molecule has 24 heavy (non-hydrogen) atoms. The summed E-state index contributed by atoms with van der Waals surface area (Å²) in [7, 11) is 0. The summed E-state index contributed by atoms with van der Waals surface area (Å²) in [5, 5.41) is 22.2. The molecule has 3 rings (SSSR count). The maximum atomic E-state index is 12.3. The van der Waals surface area contributed by atoms with E-state index in [9.17, 15) is 15.2 Å². The van der Waals surface area contributed by atoms with E-state index < -0.39 is 5.54 Å². The Hall–Kier alpha value is -2.26. The summed E-state index contributed by atoms with van der Waals surface area (Å²) in [4.78, 5) is 15.7. The minimum atomic E-state index is -0.714. The summed E-state index contributed by atoms with van der Waals surface area (Å²) in [6.07, 6.45) is 2.05. The number of aromatic hydroxyl groups is 1. The molecule has 1 heterocycles. The van der Waals surface area contributed by atoms with Gasteiger partial charge in [-0.15, -0.1) is 0 Å². The molecule has 1 amide bonds. The van der Waals surface area contributed by atoms with Gasteiger partial charge in [0, 0.05) is 0 Å². The van der Waals surface area contributed by atoms with Gasteiger partial charge in [0.2, 0.25) is 0 Å². The van der Waals surface area contributed by atoms with Crippen LogP contribution in [0.1, 0.15) is 19.8 Å². The zero-order valence-corrected chi connectivity index (χ0v) is 14.1. The fourth-order valence-electron chi connectivity index (χ4n) is 3.42. The average Bonchev–Trinajstić information content (AvgIpc) is 3.41. The topological polar surface area (TPSA) is 80.8 Å². The zero-order valence-electron chi connectivity index (χ0n) is 14.1. The second-order valence-corrected chi connectivity index (χ2v) is 7.04. The molecule has 0 spiro atoms. The Labute approximate surface area is 142 Å². The molecule has 1 aromatic carbocycles. The minimum absolute atomic E-state index is 0.0445. The van der Waals surface area contributed by atoms with Crippen molar-refractivity contribution in [3.8, 4) is 11.8 Å². The monoisotopic (exact) mass is 329 g/mol. The molecule has 6 nitrogen and oxygen atoms in total. The number of nitrogens with one attached hydrogen (secondary N) is 2. The van der Waals surface area contributed by atoms with Gasteiger partial charge in [-0.25, -0.2) is 0 Å². The van der Waals surface area contributed by atoms with Crippen LogP contribution in [0.3, 0.4) is 0 Å². The first kappa shape index (κ1) is 16.6. The first-order chi connectivity index (χ1) is 11.5. The van der Waals surface area contributed by atoms with E-state index in [1.54, 1.807) is 6.07 Å². The van der Waals surface area contributed by atoms with Crippen LogP contribution < -0.4 is 15.1 Å². The molecular formula is C18H25N4O2+. The summed E-state index contributed by atoms with van der Waals surface area (Å²) in [5.74, 6) is 0.559. The Morgan fingerprint density at radius 1 is 1.42 bits per heavy atom. The molecule has 2 fully saturated rings.